The zero-order chi connectivity index (χ0) is 18.7. The minimum absolute atomic E-state index is 0.194. The predicted molar refractivity (Wildman–Crippen MR) is 113 cm³/mol. The first-order chi connectivity index (χ1) is 13.8. The van der Waals surface area contributed by atoms with Crippen LogP contribution in [0.5, 0.6) is 0 Å². The number of hydrogen-bond acceptors (Lipinski definition) is 5. The number of fused-ring (bicyclic) bond motifs is 6. The number of anilines is 2. The zero-order valence-electron chi connectivity index (χ0n) is 14.7. The molecule has 2 aromatic carbocycles. The first kappa shape index (κ1) is 15.6. The van der Waals surface area contributed by atoms with Gasteiger partial charge in [0, 0.05) is 27.5 Å². The highest BCUT2D eigenvalue weighted by Gasteiger charge is 2.34. The Bertz CT molecular complexity index is 1420. The average Bonchev–Trinajstić information content (AvgIpc) is 3.27. The molecule has 6 rings (SSSR count). The molecule has 0 amide bonds. The molecule has 5 heteroatoms. The van der Waals surface area contributed by atoms with Gasteiger partial charge in [-0.1, -0.05) is 24.3 Å². The minimum Gasteiger partial charge on any atom is -0.422 e. The minimum atomic E-state index is -0.300. The Morgan fingerprint density at radius 1 is 0.929 bits per heavy atom. The van der Waals surface area contributed by atoms with Gasteiger partial charge in [-0.05, 0) is 47.3 Å². The average molecular weight is 382 g/mol. The van der Waals surface area contributed by atoms with Crippen molar-refractivity contribution in [3.05, 3.63) is 98.7 Å². The summed E-state index contributed by atoms with van der Waals surface area (Å²) < 4.78 is 5.71. The lowest BCUT2D eigenvalue weighted by molar-refractivity contribution is 0.549. The van der Waals surface area contributed by atoms with Crippen LogP contribution in [-0.2, 0) is 0 Å². The number of rotatable bonds is 1. The number of aromatic nitrogens is 1. The van der Waals surface area contributed by atoms with E-state index in [1.54, 1.807) is 17.5 Å². The summed E-state index contributed by atoms with van der Waals surface area (Å²) >= 11 is 1.65. The van der Waals surface area contributed by atoms with Crippen molar-refractivity contribution in [3.63, 3.8) is 0 Å². The van der Waals surface area contributed by atoms with Gasteiger partial charge in [-0.3, -0.25) is 4.98 Å². The first-order valence-electron chi connectivity index (χ1n) is 9.05. The van der Waals surface area contributed by atoms with Gasteiger partial charge in [-0.15, -0.1) is 11.3 Å². The van der Waals surface area contributed by atoms with Crippen molar-refractivity contribution in [1.29, 1.82) is 0 Å². The van der Waals surface area contributed by atoms with Gasteiger partial charge in [0.1, 0.15) is 5.58 Å². The van der Waals surface area contributed by atoms with E-state index in [0.717, 1.165) is 38.1 Å². The van der Waals surface area contributed by atoms with Gasteiger partial charge in [0.05, 0.1) is 22.7 Å². The molecular formula is C23H14N2O2S. The lowest BCUT2D eigenvalue weighted by Crippen LogP contribution is -2.22. The van der Waals surface area contributed by atoms with Crippen LogP contribution in [0, 0.1) is 0 Å². The van der Waals surface area contributed by atoms with Gasteiger partial charge in [0.25, 0.3) is 0 Å². The van der Waals surface area contributed by atoms with Crippen LogP contribution < -0.4 is 10.9 Å². The van der Waals surface area contributed by atoms with Gasteiger partial charge in [-0.25, -0.2) is 4.79 Å². The Morgan fingerprint density at radius 3 is 2.71 bits per heavy atom. The monoisotopic (exact) mass is 382 g/mol. The Hall–Kier alpha value is -3.44. The summed E-state index contributed by atoms with van der Waals surface area (Å²) in [6.45, 7) is 0. The molecule has 3 aromatic heterocycles. The first-order valence-corrected chi connectivity index (χ1v) is 9.93. The number of nitrogens with one attached hydrogen (secondary N) is 1. The molecule has 5 aromatic rings. The maximum absolute atomic E-state index is 13.1. The van der Waals surface area contributed by atoms with Gasteiger partial charge < -0.3 is 9.73 Å². The third-order valence-electron chi connectivity index (χ3n) is 5.34. The van der Waals surface area contributed by atoms with E-state index < -0.39 is 0 Å². The Kier molecular flexibility index (Phi) is 3.22. The number of thiophene rings is 1. The van der Waals surface area contributed by atoms with Gasteiger partial charge in [0.15, 0.2) is 0 Å². The number of pyridine rings is 1. The largest absolute Gasteiger partial charge is 0.422 e. The molecule has 1 N–H and O–H groups in total. The molecule has 28 heavy (non-hydrogen) atoms. The second-order valence-corrected chi connectivity index (χ2v) is 7.82. The van der Waals surface area contributed by atoms with E-state index >= 15 is 0 Å². The van der Waals surface area contributed by atoms with Crippen LogP contribution >= 0.6 is 11.3 Å². The molecular weight excluding hydrogens is 368 g/mol. The number of benzene rings is 2. The predicted octanol–water partition coefficient (Wildman–Crippen LogP) is 5.64. The van der Waals surface area contributed by atoms with Crippen molar-refractivity contribution in [2.24, 2.45) is 0 Å². The van der Waals surface area contributed by atoms with E-state index in [1.807, 2.05) is 47.8 Å². The number of hydrogen-bond donors (Lipinski definition) is 1. The van der Waals surface area contributed by atoms with E-state index in [0.29, 0.717) is 11.1 Å². The molecule has 0 radical (unpaired) electrons. The van der Waals surface area contributed by atoms with Gasteiger partial charge in [0.2, 0.25) is 0 Å². The molecule has 0 fully saturated rings. The Labute approximate surface area is 164 Å². The molecule has 0 aliphatic carbocycles. The molecule has 0 saturated heterocycles. The Balaban J connectivity index is 1.78. The van der Waals surface area contributed by atoms with Gasteiger partial charge in [-0.2, -0.15) is 0 Å². The molecule has 0 saturated carbocycles. The summed E-state index contributed by atoms with van der Waals surface area (Å²) in [6, 6.07) is 19.8. The lowest BCUT2D eigenvalue weighted by Gasteiger charge is -2.29. The Morgan fingerprint density at radius 2 is 1.82 bits per heavy atom. The van der Waals surface area contributed by atoms with E-state index in [1.165, 1.54) is 0 Å². The molecule has 1 atom stereocenters. The summed E-state index contributed by atoms with van der Waals surface area (Å²) in [5, 5.41) is 7.53. The van der Waals surface area contributed by atoms with Crippen LogP contribution in [0.4, 0.5) is 11.4 Å². The molecule has 1 unspecified atom stereocenters. The highest BCUT2D eigenvalue weighted by Crippen LogP contribution is 2.48. The molecule has 1 aliphatic rings. The molecule has 1 aliphatic heterocycles. The third-order valence-corrected chi connectivity index (χ3v) is 6.28. The van der Waals surface area contributed by atoms with E-state index in [-0.39, 0.29) is 11.5 Å². The highest BCUT2D eigenvalue weighted by atomic mass is 32.1. The normalized spacial score (nSPS) is 15.2. The van der Waals surface area contributed by atoms with Gasteiger partial charge >= 0.3 is 5.63 Å². The van der Waals surface area contributed by atoms with Crippen molar-refractivity contribution in [1.82, 2.24) is 4.98 Å². The van der Waals surface area contributed by atoms with Crippen molar-refractivity contribution >= 4 is 44.6 Å². The van der Waals surface area contributed by atoms with Crippen LogP contribution in [0.15, 0.2) is 81.5 Å². The molecule has 0 spiro atoms. The number of para-hydroxylation sites is 1. The van der Waals surface area contributed by atoms with Crippen LogP contribution in [0.1, 0.15) is 21.9 Å². The fourth-order valence-electron chi connectivity index (χ4n) is 4.18. The summed E-state index contributed by atoms with van der Waals surface area (Å²) in [5.41, 5.74) is 4.77. The summed E-state index contributed by atoms with van der Waals surface area (Å²) in [7, 11) is 0. The standard InChI is InChI=1S/C23H14N2O2S/c26-23-21-20(18-8-4-12-28-18)19-13-6-3-11-24-15(13)9-10-16(19)25-22(21)14-5-1-2-7-17(14)27-23/h1-12,20,25H. The van der Waals surface area contributed by atoms with Crippen molar-refractivity contribution in [3.8, 4) is 0 Å². The second-order valence-electron chi connectivity index (χ2n) is 6.84. The van der Waals surface area contributed by atoms with E-state index in [4.69, 9.17) is 4.42 Å². The maximum atomic E-state index is 13.1. The topological polar surface area (TPSA) is 55.1 Å². The molecule has 0 bridgehead atoms. The number of nitrogens with zero attached hydrogens (tertiary/aromatic N) is 1. The smallest absolute Gasteiger partial charge is 0.342 e. The molecule has 4 nitrogen and oxygen atoms in total. The second kappa shape index (κ2) is 5.78. The molecule has 134 valence electrons. The fourth-order valence-corrected chi connectivity index (χ4v) is 5.02. The third kappa shape index (κ3) is 2.11. The SMILES string of the molecule is O=c1oc2ccccc2c2c1C(c1cccs1)c1c(ccc3ncccc13)N2. The fraction of sp³-hybridized carbons (Fsp3) is 0.0435. The molecule has 4 heterocycles. The van der Waals surface area contributed by atoms with Crippen LogP contribution in [0.3, 0.4) is 0 Å². The maximum Gasteiger partial charge on any atom is 0.342 e. The van der Waals surface area contributed by atoms with E-state index in [9.17, 15) is 4.79 Å². The van der Waals surface area contributed by atoms with Crippen LogP contribution in [0.2, 0.25) is 0 Å². The van der Waals surface area contributed by atoms with Crippen LogP contribution in [-0.4, -0.2) is 4.98 Å². The zero-order valence-corrected chi connectivity index (χ0v) is 15.5. The quantitative estimate of drug-likeness (QED) is 0.374. The van der Waals surface area contributed by atoms with E-state index in [2.05, 4.69) is 28.5 Å². The summed E-state index contributed by atoms with van der Waals surface area (Å²) in [5.74, 6) is -0.194. The summed E-state index contributed by atoms with van der Waals surface area (Å²) in [4.78, 5) is 18.7. The highest BCUT2D eigenvalue weighted by molar-refractivity contribution is 7.10. The van der Waals surface area contributed by atoms with Crippen molar-refractivity contribution < 1.29 is 4.42 Å². The van der Waals surface area contributed by atoms with Crippen molar-refractivity contribution in [2.75, 3.05) is 5.32 Å². The summed E-state index contributed by atoms with van der Waals surface area (Å²) in [6.07, 6.45) is 1.79. The van der Waals surface area contributed by atoms with Crippen molar-refractivity contribution in [2.45, 2.75) is 5.92 Å². The lowest BCUT2D eigenvalue weighted by atomic mass is 9.83. The van der Waals surface area contributed by atoms with Crippen LogP contribution in [0.25, 0.3) is 21.9 Å².